The lowest BCUT2D eigenvalue weighted by Gasteiger charge is -2.31. The minimum atomic E-state index is -0.463. The number of carbonyl (C=O) groups is 2. The van der Waals surface area contributed by atoms with E-state index in [-0.39, 0.29) is 23.8 Å². The van der Waals surface area contributed by atoms with E-state index in [4.69, 9.17) is 4.98 Å². The lowest BCUT2D eigenvalue weighted by molar-refractivity contribution is -0.129. The molecule has 3 aliphatic rings. The van der Waals surface area contributed by atoms with Crippen molar-refractivity contribution in [2.75, 3.05) is 29.9 Å². The Labute approximate surface area is 236 Å². The number of halogens is 2. The quantitative estimate of drug-likeness (QED) is 0.366. The van der Waals surface area contributed by atoms with Crippen molar-refractivity contribution in [1.82, 2.24) is 19.5 Å². The van der Waals surface area contributed by atoms with Crippen molar-refractivity contribution < 1.29 is 18.4 Å². The topological polar surface area (TPSA) is 82.8 Å². The molecule has 8 nitrogen and oxygen atoms in total. The first-order chi connectivity index (χ1) is 19.9. The molecule has 210 valence electrons. The normalized spacial score (nSPS) is 22.2. The summed E-state index contributed by atoms with van der Waals surface area (Å²) in [6.07, 6.45) is 6.06. The van der Waals surface area contributed by atoms with Crippen LogP contribution >= 0.6 is 0 Å². The molecule has 0 bridgehead atoms. The first kappa shape index (κ1) is 25.6. The number of hydrogen-bond acceptors (Lipinski definition) is 5. The van der Waals surface area contributed by atoms with Gasteiger partial charge >= 0.3 is 0 Å². The Kier molecular flexibility index (Phi) is 6.21. The summed E-state index contributed by atoms with van der Waals surface area (Å²) in [5, 5.41) is 7.26. The zero-order chi connectivity index (χ0) is 28.2. The molecule has 0 radical (unpaired) electrons. The highest BCUT2D eigenvalue weighted by molar-refractivity contribution is 6.08. The van der Waals surface area contributed by atoms with Crippen molar-refractivity contribution in [3.63, 3.8) is 0 Å². The Morgan fingerprint density at radius 3 is 2.56 bits per heavy atom. The van der Waals surface area contributed by atoms with Gasteiger partial charge in [0, 0.05) is 44.0 Å². The van der Waals surface area contributed by atoms with Gasteiger partial charge in [-0.15, -0.1) is 0 Å². The Morgan fingerprint density at radius 1 is 1.02 bits per heavy atom. The summed E-state index contributed by atoms with van der Waals surface area (Å²) in [6.45, 7) is 3.83. The highest BCUT2D eigenvalue weighted by Gasteiger charge is 2.54. The predicted octanol–water partition coefficient (Wildman–Crippen LogP) is 5.18. The van der Waals surface area contributed by atoms with Crippen LogP contribution < -0.4 is 10.2 Å². The van der Waals surface area contributed by atoms with Gasteiger partial charge in [-0.25, -0.2) is 18.3 Å². The lowest BCUT2D eigenvalue weighted by atomic mass is 9.89. The van der Waals surface area contributed by atoms with E-state index in [0.717, 1.165) is 38.4 Å². The van der Waals surface area contributed by atoms with E-state index in [2.05, 4.69) is 10.4 Å². The van der Waals surface area contributed by atoms with E-state index < -0.39 is 11.6 Å². The molecule has 2 saturated heterocycles. The molecule has 4 aromatic rings. The zero-order valence-electron chi connectivity index (χ0n) is 22.6. The number of hydrogen-bond donors (Lipinski definition) is 1. The van der Waals surface area contributed by atoms with Gasteiger partial charge in [-0.3, -0.25) is 9.59 Å². The molecule has 2 aliphatic heterocycles. The smallest absolute Gasteiger partial charge is 0.261 e. The summed E-state index contributed by atoms with van der Waals surface area (Å²) in [7, 11) is 0. The van der Waals surface area contributed by atoms with Gasteiger partial charge in [0.1, 0.15) is 23.0 Å². The molecular formula is C31H30F2N6O2. The Morgan fingerprint density at radius 2 is 1.80 bits per heavy atom. The summed E-state index contributed by atoms with van der Waals surface area (Å²) in [4.78, 5) is 33.6. The summed E-state index contributed by atoms with van der Waals surface area (Å²) < 4.78 is 30.4. The monoisotopic (exact) mass is 556 g/mol. The molecule has 2 amide bonds. The van der Waals surface area contributed by atoms with Crippen molar-refractivity contribution in [2.45, 2.75) is 38.1 Å². The molecule has 1 N–H and O–H groups in total. The SMILES string of the molecule is CC(=O)N1CCC(c2ccc(NC(=O)c3cnn4ccc(N5CC6CC6[C@@H]5c5cc(F)ccc5F)nc34)cc2)CC1. The Balaban J connectivity index is 1.09. The van der Waals surface area contributed by atoms with Crippen molar-refractivity contribution in [2.24, 2.45) is 11.8 Å². The van der Waals surface area contributed by atoms with Crippen LogP contribution in [0.1, 0.15) is 59.6 Å². The summed E-state index contributed by atoms with van der Waals surface area (Å²) in [5.74, 6) is 0.561. The minimum absolute atomic E-state index is 0.119. The molecule has 0 spiro atoms. The first-order valence-corrected chi connectivity index (χ1v) is 14.1. The van der Waals surface area contributed by atoms with Crippen LogP contribution in [0.4, 0.5) is 20.3 Å². The summed E-state index contributed by atoms with van der Waals surface area (Å²) in [6, 6.07) is 12.9. The van der Waals surface area contributed by atoms with Gasteiger partial charge < -0.3 is 15.1 Å². The maximum absolute atomic E-state index is 14.8. The number of fused-ring (bicyclic) bond motifs is 2. The van der Waals surface area contributed by atoms with Crippen LogP contribution in [0.5, 0.6) is 0 Å². The van der Waals surface area contributed by atoms with E-state index in [1.54, 1.807) is 23.7 Å². The third-order valence-electron chi connectivity index (χ3n) is 8.90. The van der Waals surface area contributed by atoms with Crippen LogP contribution in [-0.4, -0.2) is 50.9 Å². The fraction of sp³-hybridized carbons (Fsp3) is 0.355. The Bertz CT molecular complexity index is 1650. The molecule has 4 heterocycles. The molecule has 41 heavy (non-hydrogen) atoms. The molecule has 1 saturated carbocycles. The standard InChI is InChI=1S/C31H30F2N6O2/c1-18(40)37-11-8-20(9-12-37)19-2-5-23(6-3-19)35-31(41)26-16-34-39-13-10-28(36-30(26)39)38-17-21-14-24(21)29(38)25-15-22(32)4-7-27(25)33/h2-7,10,13,15-16,20-21,24,29H,8-9,11-12,14,17H2,1H3,(H,35,41)/t21?,24?,29-/m1/s1. The van der Waals surface area contributed by atoms with Gasteiger partial charge in [-0.05, 0) is 79.0 Å². The number of benzene rings is 2. The fourth-order valence-electron chi connectivity index (χ4n) is 6.59. The van der Waals surface area contributed by atoms with Crippen molar-refractivity contribution in [1.29, 1.82) is 0 Å². The fourth-order valence-corrected chi connectivity index (χ4v) is 6.59. The van der Waals surface area contributed by atoms with E-state index in [0.29, 0.717) is 46.7 Å². The van der Waals surface area contributed by atoms with Crippen molar-refractivity contribution in [3.8, 4) is 0 Å². The highest BCUT2D eigenvalue weighted by Crippen LogP contribution is 2.57. The van der Waals surface area contributed by atoms with E-state index in [9.17, 15) is 18.4 Å². The number of anilines is 2. The van der Waals surface area contributed by atoms with Crippen LogP contribution in [-0.2, 0) is 4.79 Å². The number of piperidine rings is 2. The maximum Gasteiger partial charge on any atom is 0.261 e. The second-order valence-electron chi connectivity index (χ2n) is 11.4. The largest absolute Gasteiger partial charge is 0.349 e. The van der Waals surface area contributed by atoms with Crippen molar-refractivity contribution in [3.05, 3.63) is 89.2 Å². The van der Waals surface area contributed by atoms with Gasteiger partial charge in [0.2, 0.25) is 5.91 Å². The van der Waals surface area contributed by atoms with Crippen LogP contribution in [0.15, 0.2) is 60.9 Å². The number of aromatic nitrogens is 3. The molecule has 2 aromatic heterocycles. The molecule has 10 heteroatoms. The van der Waals surface area contributed by atoms with Gasteiger partial charge in [0.15, 0.2) is 5.65 Å². The molecular weight excluding hydrogens is 526 g/mol. The summed E-state index contributed by atoms with van der Waals surface area (Å²) in [5.41, 5.74) is 2.92. The van der Waals surface area contributed by atoms with Gasteiger partial charge in [-0.1, -0.05) is 12.1 Å². The first-order valence-electron chi connectivity index (χ1n) is 14.1. The third-order valence-corrected chi connectivity index (χ3v) is 8.90. The number of carbonyl (C=O) groups excluding carboxylic acids is 2. The molecule has 2 unspecified atom stereocenters. The third kappa shape index (κ3) is 4.71. The Hall–Kier alpha value is -4.34. The lowest BCUT2D eigenvalue weighted by Crippen LogP contribution is -2.36. The molecule has 3 fully saturated rings. The average Bonchev–Trinajstić information content (AvgIpc) is 3.44. The van der Waals surface area contributed by atoms with Gasteiger partial charge in [-0.2, -0.15) is 5.10 Å². The van der Waals surface area contributed by atoms with Gasteiger partial charge in [0.25, 0.3) is 5.91 Å². The number of rotatable bonds is 5. The minimum Gasteiger partial charge on any atom is -0.349 e. The highest BCUT2D eigenvalue weighted by atomic mass is 19.1. The molecule has 3 atom stereocenters. The number of nitrogens with zero attached hydrogens (tertiary/aromatic N) is 5. The van der Waals surface area contributed by atoms with Gasteiger partial charge in [0.05, 0.1) is 12.2 Å². The van der Waals surface area contributed by atoms with Crippen LogP contribution in [0.2, 0.25) is 0 Å². The number of nitrogens with one attached hydrogen (secondary N) is 1. The van der Waals surface area contributed by atoms with Crippen molar-refractivity contribution >= 4 is 29.0 Å². The van der Waals surface area contributed by atoms with Crippen LogP contribution in [0, 0.1) is 23.5 Å². The van der Waals surface area contributed by atoms with E-state index in [1.165, 1.54) is 23.9 Å². The number of amides is 2. The molecule has 7 rings (SSSR count). The maximum atomic E-state index is 14.8. The van der Waals surface area contributed by atoms with E-state index >= 15 is 0 Å². The van der Waals surface area contributed by atoms with Crippen LogP contribution in [0.3, 0.4) is 0 Å². The average molecular weight is 557 g/mol. The molecule has 2 aromatic carbocycles. The molecule has 1 aliphatic carbocycles. The second-order valence-corrected chi connectivity index (χ2v) is 11.4. The second kappa shape index (κ2) is 9.94. The summed E-state index contributed by atoms with van der Waals surface area (Å²) >= 11 is 0. The number of likely N-dealkylation sites (tertiary alicyclic amines) is 1. The van der Waals surface area contributed by atoms with E-state index in [1.807, 2.05) is 34.1 Å². The predicted molar refractivity (Wildman–Crippen MR) is 150 cm³/mol. The van der Waals surface area contributed by atoms with Crippen LogP contribution in [0.25, 0.3) is 5.65 Å². The zero-order valence-corrected chi connectivity index (χ0v) is 22.6.